The van der Waals surface area contributed by atoms with Gasteiger partial charge in [0.25, 0.3) is 0 Å². The molecule has 22 heavy (non-hydrogen) atoms. The second-order valence-electron chi connectivity index (χ2n) is 7.16. The maximum absolute atomic E-state index is 10.5. The number of halogens is 1. The van der Waals surface area contributed by atoms with Gasteiger partial charge in [0.2, 0.25) is 0 Å². The third kappa shape index (κ3) is 3.34. The first-order valence-corrected chi connectivity index (χ1v) is 9.15. The summed E-state index contributed by atoms with van der Waals surface area (Å²) >= 11 is 3.52. The summed E-state index contributed by atoms with van der Waals surface area (Å²) in [6, 6.07) is 6.62. The molecule has 0 amide bonds. The van der Waals surface area contributed by atoms with Crippen LogP contribution in [0.2, 0.25) is 0 Å². The molecule has 2 N–H and O–H groups in total. The molecule has 1 saturated carbocycles. The summed E-state index contributed by atoms with van der Waals surface area (Å²) in [6.45, 7) is 5.89. The van der Waals surface area contributed by atoms with Gasteiger partial charge in [0.15, 0.2) is 0 Å². The normalized spacial score (nSPS) is 24.3. The molecule has 1 aromatic carbocycles. The molecule has 3 rings (SSSR count). The largest absolute Gasteiger partial charge is 0.493 e. The van der Waals surface area contributed by atoms with E-state index >= 15 is 0 Å². The van der Waals surface area contributed by atoms with Crippen molar-refractivity contribution in [1.29, 1.82) is 0 Å². The van der Waals surface area contributed by atoms with Crippen molar-refractivity contribution in [2.45, 2.75) is 51.7 Å². The average molecular weight is 368 g/mol. The van der Waals surface area contributed by atoms with Crippen molar-refractivity contribution in [2.75, 3.05) is 13.2 Å². The summed E-state index contributed by atoms with van der Waals surface area (Å²) in [7, 11) is 0. The van der Waals surface area contributed by atoms with Gasteiger partial charge in [-0.2, -0.15) is 0 Å². The van der Waals surface area contributed by atoms with E-state index < -0.39 is 0 Å². The number of ether oxygens (including phenoxy) is 1. The van der Waals surface area contributed by atoms with Gasteiger partial charge in [-0.05, 0) is 43.7 Å². The van der Waals surface area contributed by atoms with Crippen molar-refractivity contribution in [3.05, 3.63) is 28.2 Å². The second-order valence-corrected chi connectivity index (χ2v) is 8.07. The van der Waals surface area contributed by atoms with E-state index in [1.807, 2.05) is 0 Å². The molecule has 122 valence electrons. The van der Waals surface area contributed by atoms with Crippen LogP contribution >= 0.6 is 15.9 Å². The molecule has 2 atom stereocenters. The molecule has 3 nitrogen and oxygen atoms in total. The van der Waals surface area contributed by atoms with Crippen LogP contribution in [-0.2, 0) is 0 Å². The van der Waals surface area contributed by atoms with Gasteiger partial charge in [0, 0.05) is 28.0 Å². The predicted octanol–water partition coefficient (Wildman–Crippen LogP) is 4.05. The molecule has 1 fully saturated rings. The lowest BCUT2D eigenvalue weighted by Gasteiger charge is -2.28. The number of aliphatic hydroxyl groups excluding tert-OH is 1. The summed E-state index contributed by atoms with van der Waals surface area (Å²) in [6.07, 6.45) is 4.21. The summed E-state index contributed by atoms with van der Waals surface area (Å²) in [5.74, 6) is 1.31. The predicted molar refractivity (Wildman–Crippen MR) is 92.1 cm³/mol. The van der Waals surface area contributed by atoms with Crippen molar-refractivity contribution in [1.82, 2.24) is 5.32 Å². The minimum absolute atomic E-state index is 0.0941. The number of hydrogen-bond acceptors (Lipinski definition) is 3. The minimum Gasteiger partial charge on any atom is -0.493 e. The van der Waals surface area contributed by atoms with Gasteiger partial charge in [-0.3, -0.25) is 0 Å². The van der Waals surface area contributed by atoms with E-state index in [-0.39, 0.29) is 11.5 Å². The van der Waals surface area contributed by atoms with Crippen LogP contribution in [0.5, 0.6) is 5.75 Å². The fourth-order valence-corrected chi connectivity index (χ4v) is 3.87. The summed E-state index contributed by atoms with van der Waals surface area (Å²) in [5.41, 5.74) is 1.34. The van der Waals surface area contributed by atoms with Crippen molar-refractivity contribution < 1.29 is 9.84 Å². The lowest BCUT2D eigenvalue weighted by Crippen LogP contribution is -2.37. The Kier molecular flexibility index (Phi) is 4.81. The maximum atomic E-state index is 10.5. The van der Waals surface area contributed by atoms with Gasteiger partial charge in [-0.1, -0.05) is 35.8 Å². The highest BCUT2D eigenvalue weighted by Gasteiger charge is 2.49. The van der Waals surface area contributed by atoms with Gasteiger partial charge in [-0.15, -0.1) is 0 Å². The quantitative estimate of drug-likeness (QED) is 0.824. The van der Waals surface area contributed by atoms with E-state index in [0.717, 1.165) is 49.1 Å². The van der Waals surface area contributed by atoms with Crippen LogP contribution in [0.3, 0.4) is 0 Å². The second kappa shape index (κ2) is 6.50. The molecule has 0 aromatic heterocycles. The van der Waals surface area contributed by atoms with Gasteiger partial charge in [0.1, 0.15) is 5.75 Å². The zero-order valence-electron chi connectivity index (χ0n) is 13.4. The molecule has 4 heteroatoms. The Morgan fingerprint density at radius 1 is 1.41 bits per heavy atom. The lowest BCUT2D eigenvalue weighted by atomic mass is 9.89. The van der Waals surface area contributed by atoms with Crippen LogP contribution in [0.1, 0.15) is 51.1 Å². The van der Waals surface area contributed by atoms with Crippen LogP contribution in [0.4, 0.5) is 0 Å². The van der Waals surface area contributed by atoms with Crippen LogP contribution in [0, 0.1) is 11.3 Å². The van der Waals surface area contributed by atoms with Crippen molar-refractivity contribution in [2.24, 2.45) is 11.3 Å². The Balaban J connectivity index is 1.71. The molecular weight excluding hydrogens is 342 g/mol. The first-order chi connectivity index (χ1) is 10.5. The van der Waals surface area contributed by atoms with Gasteiger partial charge in [-0.25, -0.2) is 0 Å². The van der Waals surface area contributed by atoms with Crippen LogP contribution < -0.4 is 10.1 Å². The number of aliphatic hydroxyl groups is 1. The SMILES string of the molecule is CC(C)[C@@H](O)C1(CN[C@H]2CCCOc3cc(Br)ccc32)CC1. The topological polar surface area (TPSA) is 41.5 Å². The molecule has 1 aromatic rings. The van der Waals surface area contributed by atoms with E-state index in [9.17, 15) is 5.11 Å². The Labute approximate surface area is 141 Å². The van der Waals surface area contributed by atoms with Crippen LogP contribution in [0.15, 0.2) is 22.7 Å². The fraction of sp³-hybridized carbons (Fsp3) is 0.667. The van der Waals surface area contributed by atoms with E-state index in [1.54, 1.807) is 0 Å². The third-order valence-corrected chi connectivity index (χ3v) is 5.59. The highest BCUT2D eigenvalue weighted by atomic mass is 79.9. The van der Waals surface area contributed by atoms with Crippen molar-refractivity contribution >= 4 is 15.9 Å². The van der Waals surface area contributed by atoms with Gasteiger partial charge < -0.3 is 15.2 Å². The zero-order valence-corrected chi connectivity index (χ0v) is 15.0. The van der Waals surface area contributed by atoms with Crippen LogP contribution in [0.25, 0.3) is 0 Å². The number of nitrogens with one attached hydrogen (secondary N) is 1. The van der Waals surface area contributed by atoms with E-state index in [4.69, 9.17) is 4.74 Å². The smallest absolute Gasteiger partial charge is 0.125 e. The Bertz CT molecular complexity index is 528. The lowest BCUT2D eigenvalue weighted by molar-refractivity contribution is 0.0487. The highest BCUT2D eigenvalue weighted by molar-refractivity contribution is 9.10. The number of benzene rings is 1. The molecule has 0 spiro atoms. The Morgan fingerprint density at radius 2 is 2.18 bits per heavy atom. The summed E-state index contributed by atoms with van der Waals surface area (Å²) < 4.78 is 6.93. The Hall–Kier alpha value is -0.580. The van der Waals surface area contributed by atoms with Gasteiger partial charge in [0.05, 0.1) is 12.7 Å². The fourth-order valence-electron chi connectivity index (χ4n) is 3.53. The molecule has 0 unspecified atom stereocenters. The average Bonchev–Trinajstić information content (AvgIpc) is 3.28. The summed E-state index contributed by atoms with van der Waals surface area (Å²) in [5, 5.41) is 14.2. The number of rotatable bonds is 5. The zero-order chi connectivity index (χ0) is 15.7. The molecule has 0 saturated heterocycles. The first kappa shape index (κ1) is 16.3. The molecule has 1 heterocycles. The monoisotopic (exact) mass is 367 g/mol. The summed E-state index contributed by atoms with van der Waals surface area (Å²) in [4.78, 5) is 0. The van der Waals surface area contributed by atoms with Crippen molar-refractivity contribution in [3.63, 3.8) is 0 Å². The highest BCUT2D eigenvalue weighted by Crippen LogP contribution is 2.50. The Morgan fingerprint density at radius 3 is 2.86 bits per heavy atom. The van der Waals surface area contributed by atoms with E-state index in [1.165, 1.54) is 5.56 Å². The minimum atomic E-state index is -0.202. The molecule has 0 radical (unpaired) electrons. The number of hydrogen-bond donors (Lipinski definition) is 2. The standard InChI is InChI=1S/C18H26BrNO2/c1-12(2)17(21)18(7-8-18)11-20-15-4-3-9-22-16-10-13(19)5-6-14(15)16/h5-6,10,12,15,17,20-21H,3-4,7-9,11H2,1-2H3/t15-,17+/m0/s1. The maximum Gasteiger partial charge on any atom is 0.125 e. The number of fused-ring (bicyclic) bond motifs is 1. The molecular formula is C18H26BrNO2. The van der Waals surface area contributed by atoms with E-state index in [0.29, 0.717) is 12.0 Å². The van der Waals surface area contributed by atoms with Crippen molar-refractivity contribution in [3.8, 4) is 5.75 Å². The van der Waals surface area contributed by atoms with Crippen LogP contribution in [-0.4, -0.2) is 24.4 Å². The molecule has 2 aliphatic rings. The van der Waals surface area contributed by atoms with Gasteiger partial charge >= 0.3 is 0 Å². The molecule has 1 aliphatic heterocycles. The molecule has 1 aliphatic carbocycles. The molecule has 0 bridgehead atoms. The third-order valence-electron chi connectivity index (χ3n) is 5.10. The first-order valence-electron chi connectivity index (χ1n) is 8.35. The van der Waals surface area contributed by atoms with E-state index in [2.05, 4.69) is 53.3 Å².